The lowest BCUT2D eigenvalue weighted by atomic mass is 9.78. The number of hydrogen-bond acceptors (Lipinski definition) is 1. The van der Waals surface area contributed by atoms with Crippen LogP contribution in [-0.2, 0) is 11.2 Å². The fourth-order valence-corrected chi connectivity index (χ4v) is 3.23. The second kappa shape index (κ2) is 5.53. The predicted octanol–water partition coefficient (Wildman–Crippen LogP) is 4.65. The third-order valence-electron chi connectivity index (χ3n) is 3.51. The molecule has 0 N–H and O–H groups in total. The highest BCUT2D eigenvalue weighted by Crippen LogP contribution is 2.31. The normalized spacial score (nSPS) is 25.0. The average Bonchev–Trinajstić information content (AvgIpc) is 2.27. The van der Waals surface area contributed by atoms with E-state index in [1.54, 1.807) is 0 Å². The van der Waals surface area contributed by atoms with Gasteiger partial charge in [-0.1, -0.05) is 40.5 Å². The molecule has 1 aromatic carbocycles. The Kier molecular flexibility index (Phi) is 4.26. The first kappa shape index (κ1) is 13.1. The molecule has 0 radical (unpaired) electrons. The molecule has 0 spiro atoms. The van der Waals surface area contributed by atoms with Crippen LogP contribution in [-0.4, -0.2) is 5.78 Å². The predicted molar refractivity (Wildman–Crippen MR) is 74.4 cm³/mol. The second-order valence-electron chi connectivity index (χ2n) is 4.98. The fraction of sp³-hybridized carbons (Fsp3) is 0.500. The van der Waals surface area contributed by atoms with E-state index in [4.69, 9.17) is 11.6 Å². The topological polar surface area (TPSA) is 17.1 Å². The maximum Gasteiger partial charge on any atom is 0.136 e. The minimum Gasteiger partial charge on any atom is -0.299 e. The van der Waals surface area contributed by atoms with Crippen LogP contribution >= 0.6 is 27.5 Å². The van der Waals surface area contributed by atoms with Crippen LogP contribution in [0.2, 0.25) is 5.02 Å². The molecule has 1 fully saturated rings. The molecule has 0 heterocycles. The molecule has 0 saturated heterocycles. The first-order valence-electron chi connectivity index (χ1n) is 6.03. The molecule has 0 bridgehead atoms. The molecular formula is C14H16BrClO. The summed E-state index contributed by atoms with van der Waals surface area (Å²) in [4.78, 5) is 11.9. The Hall–Kier alpha value is -0.340. The van der Waals surface area contributed by atoms with E-state index in [9.17, 15) is 4.79 Å². The molecule has 17 heavy (non-hydrogen) atoms. The molecule has 1 aliphatic carbocycles. The van der Waals surface area contributed by atoms with Gasteiger partial charge in [-0.25, -0.2) is 0 Å². The molecular weight excluding hydrogens is 300 g/mol. The lowest BCUT2D eigenvalue weighted by Crippen LogP contribution is -2.25. The van der Waals surface area contributed by atoms with Crippen LogP contribution in [0.25, 0.3) is 0 Å². The Morgan fingerprint density at radius 1 is 1.47 bits per heavy atom. The van der Waals surface area contributed by atoms with E-state index >= 15 is 0 Å². The Labute approximate surface area is 116 Å². The molecule has 2 rings (SSSR count). The van der Waals surface area contributed by atoms with Gasteiger partial charge in [0.25, 0.3) is 0 Å². The first-order chi connectivity index (χ1) is 8.06. The van der Waals surface area contributed by atoms with Gasteiger partial charge in [-0.2, -0.15) is 0 Å². The van der Waals surface area contributed by atoms with Gasteiger partial charge in [0.15, 0.2) is 0 Å². The van der Waals surface area contributed by atoms with Gasteiger partial charge in [0.05, 0.1) is 0 Å². The van der Waals surface area contributed by atoms with Crippen molar-refractivity contribution in [2.75, 3.05) is 0 Å². The number of hydrogen-bond donors (Lipinski definition) is 0. The summed E-state index contributed by atoms with van der Waals surface area (Å²) in [5.41, 5.74) is 1.09. The maximum absolute atomic E-state index is 11.9. The number of halogens is 2. The number of benzene rings is 1. The highest BCUT2D eigenvalue weighted by Gasteiger charge is 2.26. The number of ketones is 1. The third kappa shape index (κ3) is 3.32. The zero-order chi connectivity index (χ0) is 12.4. The molecule has 2 unspecified atom stereocenters. The molecule has 3 heteroatoms. The molecule has 1 saturated carbocycles. The van der Waals surface area contributed by atoms with E-state index in [1.165, 1.54) is 0 Å². The monoisotopic (exact) mass is 314 g/mol. The molecule has 1 aromatic rings. The van der Waals surface area contributed by atoms with Crippen molar-refractivity contribution >= 4 is 33.3 Å². The van der Waals surface area contributed by atoms with Gasteiger partial charge in [0.2, 0.25) is 0 Å². The Morgan fingerprint density at radius 2 is 2.24 bits per heavy atom. The van der Waals surface area contributed by atoms with Crippen LogP contribution in [0.1, 0.15) is 31.7 Å². The SMILES string of the molecule is CC1CCC(=O)C(Cc2ccc(Br)cc2Cl)C1. The Balaban J connectivity index is 2.11. The van der Waals surface area contributed by atoms with E-state index < -0.39 is 0 Å². The summed E-state index contributed by atoms with van der Waals surface area (Å²) in [6.07, 6.45) is 3.57. The summed E-state index contributed by atoms with van der Waals surface area (Å²) in [6, 6.07) is 5.89. The van der Waals surface area contributed by atoms with E-state index in [2.05, 4.69) is 22.9 Å². The van der Waals surface area contributed by atoms with Gasteiger partial charge in [0.1, 0.15) is 5.78 Å². The summed E-state index contributed by atoms with van der Waals surface area (Å²) in [7, 11) is 0. The van der Waals surface area contributed by atoms with Gasteiger partial charge >= 0.3 is 0 Å². The maximum atomic E-state index is 11.9. The van der Waals surface area contributed by atoms with Gasteiger partial charge in [-0.05, 0) is 42.9 Å². The quantitative estimate of drug-likeness (QED) is 0.776. The Bertz CT molecular complexity index is 430. The van der Waals surface area contributed by atoms with Gasteiger partial charge in [-0.15, -0.1) is 0 Å². The van der Waals surface area contributed by atoms with Crippen molar-refractivity contribution in [2.45, 2.75) is 32.6 Å². The van der Waals surface area contributed by atoms with E-state index in [0.717, 1.165) is 40.7 Å². The zero-order valence-corrected chi connectivity index (χ0v) is 12.2. The molecule has 0 aliphatic heterocycles. The molecule has 2 atom stereocenters. The minimum absolute atomic E-state index is 0.164. The van der Waals surface area contributed by atoms with Gasteiger partial charge in [-0.3, -0.25) is 4.79 Å². The van der Waals surface area contributed by atoms with Crippen LogP contribution < -0.4 is 0 Å². The third-order valence-corrected chi connectivity index (χ3v) is 4.35. The van der Waals surface area contributed by atoms with Crippen LogP contribution in [0.15, 0.2) is 22.7 Å². The van der Waals surface area contributed by atoms with Crippen LogP contribution in [0.5, 0.6) is 0 Å². The van der Waals surface area contributed by atoms with E-state index in [1.807, 2.05) is 18.2 Å². The lowest BCUT2D eigenvalue weighted by Gasteiger charge is -2.25. The van der Waals surface area contributed by atoms with Crippen molar-refractivity contribution in [1.29, 1.82) is 0 Å². The largest absolute Gasteiger partial charge is 0.299 e. The van der Waals surface area contributed by atoms with Crippen LogP contribution in [0.4, 0.5) is 0 Å². The van der Waals surface area contributed by atoms with Crippen molar-refractivity contribution in [2.24, 2.45) is 11.8 Å². The van der Waals surface area contributed by atoms with Crippen molar-refractivity contribution in [3.8, 4) is 0 Å². The summed E-state index contributed by atoms with van der Waals surface area (Å²) in [5.74, 6) is 1.23. The molecule has 0 amide bonds. The number of carbonyl (C=O) groups excluding carboxylic acids is 1. The average molecular weight is 316 g/mol. The van der Waals surface area contributed by atoms with Crippen LogP contribution in [0, 0.1) is 11.8 Å². The number of rotatable bonds is 2. The van der Waals surface area contributed by atoms with Crippen LogP contribution in [0.3, 0.4) is 0 Å². The van der Waals surface area contributed by atoms with E-state index in [0.29, 0.717) is 11.7 Å². The summed E-state index contributed by atoms with van der Waals surface area (Å²) < 4.78 is 0.981. The van der Waals surface area contributed by atoms with Crippen molar-refractivity contribution in [3.05, 3.63) is 33.3 Å². The molecule has 92 valence electrons. The van der Waals surface area contributed by atoms with Gasteiger partial charge in [0, 0.05) is 21.8 Å². The van der Waals surface area contributed by atoms with Crippen molar-refractivity contribution in [1.82, 2.24) is 0 Å². The van der Waals surface area contributed by atoms with Crippen molar-refractivity contribution in [3.63, 3.8) is 0 Å². The molecule has 1 nitrogen and oxygen atoms in total. The zero-order valence-electron chi connectivity index (χ0n) is 9.88. The molecule has 0 aromatic heterocycles. The summed E-state index contributed by atoms with van der Waals surface area (Å²) >= 11 is 9.58. The highest BCUT2D eigenvalue weighted by molar-refractivity contribution is 9.10. The fourth-order valence-electron chi connectivity index (χ4n) is 2.48. The standard InChI is InChI=1S/C14H16BrClO/c1-9-2-5-14(17)11(6-9)7-10-3-4-12(15)8-13(10)16/h3-4,8-9,11H,2,5-7H2,1H3. The molecule has 1 aliphatic rings. The smallest absolute Gasteiger partial charge is 0.136 e. The lowest BCUT2D eigenvalue weighted by molar-refractivity contribution is -0.125. The highest BCUT2D eigenvalue weighted by atomic mass is 79.9. The van der Waals surface area contributed by atoms with E-state index in [-0.39, 0.29) is 5.92 Å². The van der Waals surface area contributed by atoms with Crippen molar-refractivity contribution < 1.29 is 4.79 Å². The first-order valence-corrected chi connectivity index (χ1v) is 7.20. The van der Waals surface area contributed by atoms with Gasteiger partial charge < -0.3 is 0 Å². The summed E-state index contributed by atoms with van der Waals surface area (Å²) in [6.45, 7) is 2.22. The number of Topliss-reactive ketones (excluding diaryl/α,β-unsaturated/α-hetero) is 1. The minimum atomic E-state index is 0.164. The second-order valence-corrected chi connectivity index (χ2v) is 6.31. The number of carbonyl (C=O) groups is 1. The Morgan fingerprint density at radius 3 is 2.94 bits per heavy atom. The summed E-state index contributed by atoms with van der Waals surface area (Å²) in [5, 5.41) is 0.755.